The van der Waals surface area contributed by atoms with E-state index in [1.807, 2.05) is 17.5 Å². The molecular formula is C12H15N3OS. The summed E-state index contributed by atoms with van der Waals surface area (Å²) in [5.41, 5.74) is 6.17. The maximum atomic E-state index is 6.29. The lowest BCUT2D eigenvalue weighted by Gasteiger charge is -2.20. The van der Waals surface area contributed by atoms with Crippen molar-refractivity contribution in [2.24, 2.45) is 5.73 Å². The maximum Gasteiger partial charge on any atom is 0.228 e. The number of hydrogen-bond acceptors (Lipinski definition) is 5. The van der Waals surface area contributed by atoms with Gasteiger partial charge in [-0.05, 0) is 24.3 Å². The van der Waals surface area contributed by atoms with E-state index in [1.165, 1.54) is 12.8 Å². The standard InChI is InChI=1S/C12H15N3OS/c13-12(5-1-2-6-12)8-10-14-11(15-16-10)9-4-3-7-17-9/h3-4,7H,1-2,5-6,8,13H2. The zero-order valence-corrected chi connectivity index (χ0v) is 10.4. The summed E-state index contributed by atoms with van der Waals surface area (Å²) in [7, 11) is 0. The van der Waals surface area contributed by atoms with Crippen LogP contribution in [0.25, 0.3) is 10.7 Å². The van der Waals surface area contributed by atoms with E-state index >= 15 is 0 Å². The molecule has 0 bridgehead atoms. The topological polar surface area (TPSA) is 64.9 Å². The number of nitrogens with zero attached hydrogens (tertiary/aromatic N) is 2. The van der Waals surface area contributed by atoms with Gasteiger partial charge in [-0.15, -0.1) is 11.3 Å². The van der Waals surface area contributed by atoms with Crippen LogP contribution in [0.5, 0.6) is 0 Å². The van der Waals surface area contributed by atoms with Crippen molar-refractivity contribution in [3.63, 3.8) is 0 Å². The molecule has 0 unspecified atom stereocenters. The highest BCUT2D eigenvalue weighted by atomic mass is 32.1. The first-order valence-electron chi connectivity index (χ1n) is 5.91. The second kappa shape index (κ2) is 4.23. The van der Waals surface area contributed by atoms with Gasteiger partial charge < -0.3 is 10.3 Å². The van der Waals surface area contributed by atoms with Crippen LogP contribution < -0.4 is 5.73 Å². The van der Waals surface area contributed by atoms with Crippen molar-refractivity contribution in [1.29, 1.82) is 0 Å². The Morgan fingerprint density at radius 2 is 2.24 bits per heavy atom. The molecular weight excluding hydrogens is 234 g/mol. The van der Waals surface area contributed by atoms with Crippen LogP contribution in [0.15, 0.2) is 22.0 Å². The first kappa shape index (κ1) is 10.9. The Hall–Kier alpha value is -1.20. The van der Waals surface area contributed by atoms with Gasteiger partial charge in [0.05, 0.1) is 4.88 Å². The van der Waals surface area contributed by atoms with Gasteiger partial charge in [0.25, 0.3) is 0 Å². The molecule has 2 aromatic heterocycles. The minimum atomic E-state index is -0.126. The van der Waals surface area contributed by atoms with Crippen LogP contribution in [0.3, 0.4) is 0 Å². The van der Waals surface area contributed by atoms with Gasteiger partial charge in [-0.3, -0.25) is 0 Å². The number of aromatic nitrogens is 2. The molecule has 2 heterocycles. The van der Waals surface area contributed by atoms with Crippen molar-refractivity contribution in [1.82, 2.24) is 10.1 Å². The van der Waals surface area contributed by atoms with Gasteiger partial charge in [-0.2, -0.15) is 4.98 Å². The van der Waals surface area contributed by atoms with E-state index in [4.69, 9.17) is 10.3 Å². The van der Waals surface area contributed by atoms with E-state index in [1.54, 1.807) is 11.3 Å². The van der Waals surface area contributed by atoms with Crippen LogP contribution in [0.4, 0.5) is 0 Å². The van der Waals surface area contributed by atoms with Crippen molar-refractivity contribution >= 4 is 11.3 Å². The van der Waals surface area contributed by atoms with Gasteiger partial charge in [0.1, 0.15) is 0 Å². The molecule has 1 aliphatic rings. The zero-order chi connectivity index (χ0) is 11.7. The summed E-state index contributed by atoms with van der Waals surface area (Å²) in [6.45, 7) is 0. The molecule has 0 spiro atoms. The highest BCUT2D eigenvalue weighted by Gasteiger charge is 2.31. The van der Waals surface area contributed by atoms with E-state index in [-0.39, 0.29) is 5.54 Å². The quantitative estimate of drug-likeness (QED) is 0.908. The third kappa shape index (κ3) is 2.25. The molecule has 1 saturated carbocycles. The van der Waals surface area contributed by atoms with Crippen LogP contribution in [-0.2, 0) is 6.42 Å². The van der Waals surface area contributed by atoms with Crippen LogP contribution in [-0.4, -0.2) is 15.7 Å². The van der Waals surface area contributed by atoms with Crippen LogP contribution >= 0.6 is 11.3 Å². The first-order valence-corrected chi connectivity index (χ1v) is 6.79. The van der Waals surface area contributed by atoms with Crippen molar-refractivity contribution < 1.29 is 4.52 Å². The van der Waals surface area contributed by atoms with E-state index in [0.717, 1.165) is 17.7 Å². The maximum absolute atomic E-state index is 6.29. The molecule has 0 radical (unpaired) electrons. The van der Waals surface area contributed by atoms with E-state index in [0.29, 0.717) is 18.1 Å². The third-order valence-electron chi connectivity index (χ3n) is 3.31. The molecule has 5 heteroatoms. The lowest BCUT2D eigenvalue weighted by molar-refractivity contribution is 0.329. The number of nitrogens with two attached hydrogens (primary N) is 1. The van der Waals surface area contributed by atoms with Crippen molar-refractivity contribution in [2.75, 3.05) is 0 Å². The molecule has 17 heavy (non-hydrogen) atoms. The molecule has 3 rings (SSSR count). The molecule has 0 amide bonds. The normalized spacial score (nSPS) is 18.6. The Bertz CT molecular complexity index is 486. The summed E-state index contributed by atoms with van der Waals surface area (Å²) in [6.07, 6.45) is 5.24. The van der Waals surface area contributed by atoms with Gasteiger partial charge in [-0.25, -0.2) is 0 Å². The third-order valence-corrected chi connectivity index (χ3v) is 4.18. The van der Waals surface area contributed by atoms with Gasteiger partial charge in [0.15, 0.2) is 0 Å². The molecule has 0 atom stereocenters. The first-order chi connectivity index (χ1) is 8.25. The Morgan fingerprint density at radius 1 is 1.41 bits per heavy atom. The lowest BCUT2D eigenvalue weighted by atomic mass is 9.95. The summed E-state index contributed by atoms with van der Waals surface area (Å²) in [6, 6.07) is 3.98. The number of rotatable bonds is 3. The van der Waals surface area contributed by atoms with Gasteiger partial charge in [-0.1, -0.05) is 24.1 Å². The van der Waals surface area contributed by atoms with E-state index < -0.39 is 0 Å². The molecule has 1 fully saturated rings. The number of thiophene rings is 1. The van der Waals surface area contributed by atoms with Crippen LogP contribution in [0.2, 0.25) is 0 Å². The average molecular weight is 249 g/mol. The summed E-state index contributed by atoms with van der Waals surface area (Å²) in [5, 5.41) is 6.01. The summed E-state index contributed by atoms with van der Waals surface area (Å²) in [4.78, 5) is 5.45. The van der Waals surface area contributed by atoms with Crippen molar-refractivity contribution in [2.45, 2.75) is 37.6 Å². The summed E-state index contributed by atoms with van der Waals surface area (Å²) in [5.74, 6) is 1.34. The van der Waals surface area contributed by atoms with Gasteiger partial charge >= 0.3 is 0 Å². The van der Waals surface area contributed by atoms with E-state index in [2.05, 4.69) is 10.1 Å². The molecule has 0 saturated heterocycles. The minimum Gasteiger partial charge on any atom is -0.339 e. The predicted molar refractivity (Wildman–Crippen MR) is 66.7 cm³/mol. The highest BCUT2D eigenvalue weighted by molar-refractivity contribution is 7.13. The molecule has 4 nitrogen and oxygen atoms in total. The predicted octanol–water partition coefficient (Wildman–Crippen LogP) is 2.61. The molecule has 2 aromatic rings. The Labute approximate surface area is 104 Å². The van der Waals surface area contributed by atoms with Crippen LogP contribution in [0.1, 0.15) is 31.6 Å². The summed E-state index contributed by atoms with van der Waals surface area (Å²) < 4.78 is 5.28. The molecule has 2 N–H and O–H groups in total. The second-order valence-electron chi connectivity index (χ2n) is 4.74. The Balaban J connectivity index is 1.77. The SMILES string of the molecule is NC1(Cc2nc(-c3cccs3)no2)CCCC1. The zero-order valence-electron chi connectivity index (χ0n) is 9.56. The average Bonchev–Trinajstić information content (AvgIpc) is 2.98. The Morgan fingerprint density at radius 3 is 2.94 bits per heavy atom. The fourth-order valence-electron chi connectivity index (χ4n) is 2.39. The van der Waals surface area contributed by atoms with Gasteiger partial charge in [0, 0.05) is 12.0 Å². The monoisotopic (exact) mass is 249 g/mol. The fraction of sp³-hybridized carbons (Fsp3) is 0.500. The number of hydrogen-bond donors (Lipinski definition) is 1. The van der Waals surface area contributed by atoms with Crippen molar-refractivity contribution in [3.05, 3.63) is 23.4 Å². The van der Waals surface area contributed by atoms with Gasteiger partial charge in [0.2, 0.25) is 11.7 Å². The highest BCUT2D eigenvalue weighted by Crippen LogP contribution is 2.30. The fourth-order valence-corrected chi connectivity index (χ4v) is 3.04. The van der Waals surface area contributed by atoms with E-state index in [9.17, 15) is 0 Å². The molecule has 90 valence electrons. The largest absolute Gasteiger partial charge is 0.339 e. The Kier molecular flexibility index (Phi) is 2.72. The lowest BCUT2D eigenvalue weighted by Crippen LogP contribution is -2.38. The van der Waals surface area contributed by atoms with Crippen molar-refractivity contribution in [3.8, 4) is 10.7 Å². The van der Waals surface area contributed by atoms with Crippen LogP contribution in [0, 0.1) is 0 Å². The summed E-state index contributed by atoms with van der Waals surface area (Å²) >= 11 is 1.61. The second-order valence-corrected chi connectivity index (χ2v) is 5.68. The minimum absolute atomic E-state index is 0.126. The molecule has 0 aliphatic heterocycles. The smallest absolute Gasteiger partial charge is 0.228 e. The molecule has 1 aliphatic carbocycles. The molecule has 0 aromatic carbocycles.